The molecule has 15 heavy (non-hydrogen) atoms. The molecule has 1 amide bonds. The molecule has 0 aromatic rings. The fourth-order valence-electron chi connectivity index (χ4n) is 2.13. The van der Waals surface area contributed by atoms with Crippen molar-refractivity contribution in [3.05, 3.63) is 0 Å². The maximum absolute atomic E-state index is 11.0. The fourth-order valence-corrected chi connectivity index (χ4v) is 2.13. The van der Waals surface area contributed by atoms with Gasteiger partial charge in [0.25, 0.3) is 0 Å². The van der Waals surface area contributed by atoms with Gasteiger partial charge in [-0.05, 0) is 44.8 Å². The molecule has 0 aromatic heterocycles. The Balaban J connectivity index is 2.12. The van der Waals surface area contributed by atoms with Crippen molar-refractivity contribution in [3.8, 4) is 0 Å². The van der Waals surface area contributed by atoms with Crippen LogP contribution in [-0.4, -0.2) is 44.0 Å². The van der Waals surface area contributed by atoms with Crippen LogP contribution in [0.3, 0.4) is 0 Å². The van der Waals surface area contributed by atoms with Crippen molar-refractivity contribution < 1.29 is 4.79 Å². The summed E-state index contributed by atoms with van der Waals surface area (Å²) >= 11 is 0. The van der Waals surface area contributed by atoms with E-state index in [0.29, 0.717) is 12.3 Å². The third kappa shape index (κ3) is 4.62. The second-order valence-corrected chi connectivity index (χ2v) is 4.32. The first-order chi connectivity index (χ1) is 7.26. The molecule has 3 N–H and O–H groups in total. The molecule has 0 spiro atoms. The van der Waals surface area contributed by atoms with Gasteiger partial charge in [-0.25, -0.2) is 0 Å². The Morgan fingerprint density at radius 1 is 1.60 bits per heavy atom. The standard InChI is InChI=1S/C11H23N3O/c1-13-11(15)5-3-7-14-6-2-4-10(8-12)9-14/h10H,2-9,12H2,1H3,(H,13,15). The maximum Gasteiger partial charge on any atom is 0.219 e. The number of nitrogens with zero attached hydrogens (tertiary/aromatic N) is 1. The number of nitrogens with two attached hydrogens (primary N) is 1. The maximum atomic E-state index is 11.0. The summed E-state index contributed by atoms with van der Waals surface area (Å²) in [7, 11) is 1.69. The molecule has 1 aliphatic rings. The summed E-state index contributed by atoms with van der Waals surface area (Å²) in [5.74, 6) is 0.807. The number of piperidine rings is 1. The molecule has 1 saturated heterocycles. The third-order valence-electron chi connectivity index (χ3n) is 3.09. The Bertz CT molecular complexity index is 196. The van der Waals surface area contributed by atoms with Gasteiger partial charge in [0.2, 0.25) is 5.91 Å². The quantitative estimate of drug-likeness (QED) is 0.685. The van der Waals surface area contributed by atoms with E-state index >= 15 is 0 Å². The zero-order chi connectivity index (χ0) is 11.1. The van der Waals surface area contributed by atoms with E-state index in [1.807, 2.05) is 0 Å². The van der Waals surface area contributed by atoms with Crippen LogP contribution < -0.4 is 11.1 Å². The predicted molar refractivity (Wildman–Crippen MR) is 61.5 cm³/mol. The van der Waals surface area contributed by atoms with Crippen LogP contribution in [0, 0.1) is 5.92 Å². The number of nitrogens with one attached hydrogen (secondary N) is 1. The van der Waals surface area contributed by atoms with E-state index in [4.69, 9.17) is 5.73 Å². The third-order valence-corrected chi connectivity index (χ3v) is 3.09. The molecule has 4 heteroatoms. The second kappa shape index (κ2) is 6.80. The highest BCUT2D eigenvalue weighted by molar-refractivity contribution is 5.75. The topological polar surface area (TPSA) is 58.4 Å². The summed E-state index contributed by atoms with van der Waals surface area (Å²) in [5, 5.41) is 2.65. The summed E-state index contributed by atoms with van der Waals surface area (Å²) in [6.07, 6.45) is 4.11. The van der Waals surface area contributed by atoms with E-state index in [2.05, 4.69) is 10.2 Å². The fraction of sp³-hybridized carbons (Fsp3) is 0.909. The van der Waals surface area contributed by atoms with Crippen molar-refractivity contribution in [1.82, 2.24) is 10.2 Å². The van der Waals surface area contributed by atoms with E-state index in [1.54, 1.807) is 7.05 Å². The average molecular weight is 213 g/mol. The van der Waals surface area contributed by atoms with E-state index in [1.165, 1.54) is 19.4 Å². The van der Waals surface area contributed by atoms with Crippen molar-refractivity contribution in [2.45, 2.75) is 25.7 Å². The van der Waals surface area contributed by atoms with Gasteiger partial charge in [-0.15, -0.1) is 0 Å². The number of carbonyl (C=O) groups is 1. The monoisotopic (exact) mass is 213 g/mol. The lowest BCUT2D eigenvalue weighted by Crippen LogP contribution is -2.39. The Morgan fingerprint density at radius 2 is 2.40 bits per heavy atom. The normalized spacial score (nSPS) is 22.7. The SMILES string of the molecule is CNC(=O)CCCN1CCCC(CN)C1. The molecule has 0 bridgehead atoms. The number of likely N-dealkylation sites (tertiary alicyclic amines) is 1. The number of amides is 1. The zero-order valence-electron chi connectivity index (χ0n) is 9.67. The Labute approximate surface area is 92.2 Å². The molecule has 0 saturated carbocycles. The lowest BCUT2D eigenvalue weighted by Gasteiger charge is -2.31. The summed E-state index contributed by atoms with van der Waals surface area (Å²) in [4.78, 5) is 13.5. The van der Waals surface area contributed by atoms with Crippen LogP contribution in [0.5, 0.6) is 0 Å². The van der Waals surface area contributed by atoms with E-state index in [-0.39, 0.29) is 5.91 Å². The summed E-state index contributed by atoms with van der Waals surface area (Å²) in [6, 6.07) is 0. The number of hydrogen-bond acceptors (Lipinski definition) is 3. The first-order valence-corrected chi connectivity index (χ1v) is 5.89. The molecule has 88 valence electrons. The average Bonchev–Trinajstić information content (AvgIpc) is 2.29. The number of rotatable bonds is 5. The molecule has 1 fully saturated rings. The van der Waals surface area contributed by atoms with Crippen LogP contribution in [-0.2, 0) is 4.79 Å². The summed E-state index contributed by atoms with van der Waals surface area (Å²) in [6.45, 7) is 4.12. The summed E-state index contributed by atoms with van der Waals surface area (Å²) in [5.41, 5.74) is 5.67. The van der Waals surface area contributed by atoms with Gasteiger partial charge >= 0.3 is 0 Å². The van der Waals surface area contributed by atoms with E-state index in [0.717, 1.165) is 26.1 Å². The minimum absolute atomic E-state index is 0.141. The molecular weight excluding hydrogens is 190 g/mol. The molecule has 1 atom stereocenters. The zero-order valence-corrected chi connectivity index (χ0v) is 9.67. The smallest absolute Gasteiger partial charge is 0.219 e. The van der Waals surface area contributed by atoms with Gasteiger partial charge in [-0.3, -0.25) is 4.79 Å². The van der Waals surface area contributed by atoms with E-state index < -0.39 is 0 Å². The van der Waals surface area contributed by atoms with Crippen LogP contribution in [0.4, 0.5) is 0 Å². The molecule has 4 nitrogen and oxygen atoms in total. The highest BCUT2D eigenvalue weighted by Crippen LogP contribution is 2.15. The summed E-state index contributed by atoms with van der Waals surface area (Å²) < 4.78 is 0. The van der Waals surface area contributed by atoms with Crippen LogP contribution in [0.2, 0.25) is 0 Å². The minimum Gasteiger partial charge on any atom is -0.359 e. The van der Waals surface area contributed by atoms with Gasteiger partial charge in [0.05, 0.1) is 0 Å². The lowest BCUT2D eigenvalue weighted by atomic mass is 9.98. The van der Waals surface area contributed by atoms with Crippen molar-refractivity contribution in [3.63, 3.8) is 0 Å². The first kappa shape index (κ1) is 12.5. The molecule has 1 unspecified atom stereocenters. The highest BCUT2D eigenvalue weighted by Gasteiger charge is 2.18. The van der Waals surface area contributed by atoms with Gasteiger partial charge in [0.1, 0.15) is 0 Å². The molecule has 1 heterocycles. The lowest BCUT2D eigenvalue weighted by molar-refractivity contribution is -0.120. The Hall–Kier alpha value is -0.610. The molecule has 0 aliphatic carbocycles. The Kier molecular flexibility index (Phi) is 5.65. The largest absolute Gasteiger partial charge is 0.359 e. The predicted octanol–water partition coefficient (Wildman–Crippen LogP) is 0.183. The van der Waals surface area contributed by atoms with Crippen molar-refractivity contribution >= 4 is 5.91 Å². The van der Waals surface area contributed by atoms with Crippen LogP contribution >= 0.6 is 0 Å². The van der Waals surface area contributed by atoms with Gasteiger partial charge in [0.15, 0.2) is 0 Å². The Morgan fingerprint density at radius 3 is 3.07 bits per heavy atom. The molecule has 1 rings (SSSR count). The van der Waals surface area contributed by atoms with Gasteiger partial charge < -0.3 is 16.0 Å². The number of carbonyl (C=O) groups excluding carboxylic acids is 1. The van der Waals surface area contributed by atoms with E-state index in [9.17, 15) is 4.79 Å². The molecular formula is C11H23N3O. The second-order valence-electron chi connectivity index (χ2n) is 4.32. The van der Waals surface area contributed by atoms with Crippen molar-refractivity contribution in [2.75, 3.05) is 33.2 Å². The van der Waals surface area contributed by atoms with Crippen LogP contribution in [0.15, 0.2) is 0 Å². The minimum atomic E-state index is 0.141. The molecule has 1 aliphatic heterocycles. The highest BCUT2D eigenvalue weighted by atomic mass is 16.1. The number of hydrogen-bond donors (Lipinski definition) is 2. The van der Waals surface area contributed by atoms with Crippen LogP contribution in [0.25, 0.3) is 0 Å². The van der Waals surface area contributed by atoms with Gasteiger partial charge in [-0.2, -0.15) is 0 Å². The van der Waals surface area contributed by atoms with Gasteiger partial charge in [-0.1, -0.05) is 0 Å². The van der Waals surface area contributed by atoms with Gasteiger partial charge in [0, 0.05) is 20.0 Å². The van der Waals surface area contributed by atoms with Crippen molar-refractivity contribution in [1.29, 1.82) is 0 Å². The van der Waals surface area contributed by atoms with Crippen molar-refractivity contribution in [2.24, 2.45) is 11.7 Å². The van der Waals surface area contributed by atoms with Crippen LogP contribution in [0.1, 0.15) is 25.7 Å². The molecule has 0 aromatic carbocycles. The first-order valence-electron chi connectivity index (χ1n) is 5.89. The molecule has 0 radical (unpaired) electrons.